The lowest BCUT2D eigenvalue weighted by molar-refractivity contribution is 0.200. The average molecular weight is 418 g/mol. The fourth-order valence-corrected chi connectivity index (χ4v) is 4.57. The van der Waals surface area contributed by atoms with Crippen LogP contribution in [0.15, 0.2) is 51.6 Å². The number of benzene rings is 2. The van der Waals surface area contributed by atoms with Gasteiger partial charge >= 0.3 is 0 Å². The van der Waals surface area contributed by atoms with E-state index < -0.39 is 27.7 Å². The average Bonchev–Trinajstić information content (AvgIpc) is 3.09. The molecule has 0 aliphatic heterocycles. The molecule has 2 aromatic carbocycles. The number of nitrogens with one attached hydrogen (secondary N) is 1. The highest BCUT2D eigenvalue weighted by atomic mass is 35.5. The predicted molar refractivity (Wildman–Crippen MR) is 91.8 cm³/mol. The van der Waals surface area contributed by atoms with Crippen molar-refractivity contribution in [3.63, 3.8) is 0 Å². The van der Waals surface area contributed by atoms with Crippen LogP contribution >= 0.6 is 23.1 Å². The van der Waals surface area contributed by atoms with Crippen molar-refractivity contribution in [2.45, 2.75) is 15.3 Å². The van der Waals surface area contributed by atoms with Crippen LogP contribution in [0.2, 0.25) is 5.02 Å². The van der Waals surface area contributed by atoms with Crippen molar-refractivity contribution in [2.24, 2.45) is 0 Å². The molecule has 0 aliphatic carbocycles. The first-order chi connectivity index (χ1) is 12.3. The molecule has 6 nitrogen and oxygen atoms in total. The Morgan fingerprint density at radius 1 is 1.12 bits per heavy atom. The van der Waals surface area contributed by atoms with Crippen molar-refractivity contribution in [1.29, 1.82) is 0 Å². The van der Waals surface area contributed by atoms with Gasteiger partial charge in [0.15, 0.2) is 22.1 Å². The van der Waals surface area contributed by atoms with Gasteiger partial charge in [0, 0.05) is 28.3 Å². The molecule has 0 fully saturated rings. The van der Waals surface area contributed by atoms with Crippen LogP contribution in [0.5, 0.6) is 0 Å². The van der Waals surface area contributed by atoms with Gasteiger partial charge in [0.2, 0.25) is 9.84 Å². The highest BCUT2D eigenvalue weighted by molar-refractivity contribution is 7.93. The molecule has 0 amide bonds. The lowest BCUT2D eigenvalue weighted by Gasteiger charge is -2.13. The number of sulfone groups is 1. The Hall–Kier alpha value is -2.14. The number of aromatic nitrogens is 2. The third-order valence-corrected chi connectivity index (χ3v) is 6.59. The number of halogens is 3. The molecule has 1 heterocycles. The largest absolute Gasteiger partial charge is 0.368 e. The van der Waals surface area contributed by atoms with Gasteiger partial charge in [-0.25, -0.2) is 17.2 Å². The number of hydrogen-bond acceptors (Lipinski definition) is 7. The highest BCUT2D eigenvalue weighted by Gasteiger charge is 2.29. The maximum absolute atomic E-state index is 13.3. The van der Waals surface area contributed by atoms with Gasteiger partial charge < -0.3 is 10.4 Å². The second-order valence-corrected chi connectivity index (χ2v) is 8.41. The van der Waals surface area contributed by atoms with E-state index in [0.717, 1.165) is 12.1 Å². The molecular weight excluding hydrogens is 408 g/mol. The molecule has 26 heavy (non-hydrogen) atoms. The highest BCUT2D eigenvalue weighted by Crippen LogP contribution is 2.30. The molecule has 3 aromatic rings. The summed E-state index contributed by atoms with van der Waals surface area (Å²) in [6.07, 6.45) is -1.60. The lowest BCUT2D eigenvalue weighted by Crippen LogP contribution is -2.14. The summed E-state index contributed by atoms with van der Waals surface area (Å²) in [4.78, 5) is -0.0470. The number of anilines is 1. The fourth-order valence-electron chi connectivity index (χ4n) is 2.08. The summed E-state index contributed by atoms with van der Waals surface area (Å²) in [5.74, 6) is -2.17. The summed E-state index contributed by atoms with van der Waals surface area (Å²) < 4.78 is 55.0. The number of aliphatic hydroxyl groups is 1. The van der Waals surface area contributed by atoms with Gasteiger partial charge in [-0.05, 0) is 36.4 Å². The second kappa shape index (κ2) is 7.23. The zero-order chi connectivity index (χ0) is 18.9. The van der Waals surface area contributed by atoms with E-state index in [0.29, 0.717) is 16.6 Å². The quantitative estimate of drug-likeness (QED) is 0.618. The van der Waals surface area contributed by atoms with Crippen molar-refractivity contribution in [3.8, 4) is 0 Å². The van der Waals surface area contributed by atoms with E-state index in [9.17, 15) is 22.3 Å². The van der Waals surface area contributed by atoms with E-state index >= 15 is 0 Å². The Morgan fingerprint density at radius 2 is 1.81 bits per heavy atom. The first-order valence-corrected chi connectivity index (χ1v) is 9.65. The standard InChI is InChI=1S/C15H10ClF2N3O3S2/c16-8-1-4-10(5-2-8)26(23,24)15-13(20-21-25-15)14(22)19-9-3-6-11(17)12(18)7-9/h1-7,14,19,22H. The van der Waals surface area contributed by atoms with Crippen molar-refractivity contribution in [2.75, 3.05) is 5.32 Å². The number of hydrogen-bond donors (Lipinski definition) is 2. The molecule has 11 heteroatoms. The zero-order valence-electron chi connectivity index (χ0n) is 12.7. The molecule has 0 aliphatic rings. The van der Waals surface area contributed by atoms with Crippen molar-refractivity contribution >= 4 is 38.7 Å². The van der Waals surface area contributed by atoms with Crippen molar-refractivity contribution < 1.29 is 22.3 Å². The third kappa shape index (κ3) is 3.68. The van der Waals surface area contributed by atoms with Crippen LogP contribution in [0.3, 0.4) is 0 Å². The van der Waals surface area contributed by atoms with Crippen molar-refractivity contribution in [3.05, 3.63) is 64.8 Å². The topological polar surface area (TPSA) is 92.2 Å². The number of rotatable bonds is 5. The van der Waals surface area contributed by atoms with Gasteiger partial charge in [-0.2, -0.15) is 0 Å². The Balaban J connectivity index is 1.92. The van der Waals surface area contributed by atoms with Crippen LogP contribution < -0.4 is 5.32 Å². The first-order valence-electron chi connectivity index (χ1n) is 7.01. The van der Waals surface area contributed by atoms with E-state index in [-0.39, 0.29) is 20.5 Å². The smallest absolute Gasteiger partial charge is 0.219 e. The minimum absolute atomic E-state index is 0.0410. The van der Waals surface area contributed by atoms with Gasteiger partial charge in [0.1, 0.15) is 5.69 Å². The predicted octanol–water partition coefficient (Wildman–Crippen LogP) is 3.41. The van der Waals surface area contributed by atoms with E-state index in [1.807, 2.05) is 0 Å². The summed E-state index contributed by atoms with van der Waals surface area (Å²) in [7, 11) is -3.99. The number of nitrogens with zero attached hydrogens (tertiary/aromatic N) is 2. The molecule has 1 aromatic heterocycles. The monoisotopic (exact) mass is 417 g/mol. The van der Waals surface area contributed by atoms with Gasteiger partial charge in [-0.3, -0.25) is 0 Å². The van der Waals surface area contributed by atoms with Crippen LogP contribution in [0.25, 0.3) is 0 Å². The molecule has 2 N–H and O–H groups in total. The minimum Gasteiger partial charge on any atom is -0.368 e. The van der Waals surface area contributed by atoms with Crippen LogP contribution in [0.1, 0.15) is 11.9 Å². The molecule has 1 unspecified atom stereocenters. The van der Waals surface area contributed by atoms with Crippen LogP contribution in [0.4, 0.5) is 14.5 Å². The van der Waals surface area contributed by atoms with Gasteiger partial charge in [-0.15, -0.1) is 5.10 Å². The summed E-state index contributed by atoms with van der Waals surface area (Å²) in [5.41, 5.74) is -0.214. The second-order valence-electron chi connectivity index (χ2n) is 5.08. The summed E-state index contributed by atoms with van der Waals surface area (Å²) >= 11 is 6.34. The van der Waals surface area contributed by atoms with Gasteiger partial charge in [0.25, 0.3) is 0 Å². The molecule has 3 rings (SSSR count). The Bertz CT molecular complexity index is 1040. The maximum Gasteiger partial charge on any atom is 0.219 e. The van der Waals surface area contributed by atoms with Crippen LogP contribution in [-0.4, -0.2) is 23.1 Å². The number of aliphatic hydroxyl groups excluding tert-OH is 1. The van der Waals surface area contributed by atoms with E-state index in [2.05, 4.69) is 14.9 Å². The summed E-state index contributed by atoms with van der Waals surface area (Å²) in [6, 6.07) is 8.35. The molecular formula is C15H10ClF2N3O3S2. The van der Waals surface area contributed by atoms with Gasteiger partial charge in [-0.1, -0.05) is 16.1 Å². The minimum atomic E-state index is -3.99. The van der Waals surface area contributed by atoms with Crippen LogP contribution in [-0.2, 0) is 9.84 Å². The first kappa shape index (κ1) is 18.6. The van der Waals surface area contributed by atoms with E-state index in [4.69, 9.17) is 11.6 Å². The fraction of sp³-hybridized carbons (Fsp3) is 0.0667. The molecule has 0 radical (unpaired) electrons. The van der Waals surface area contributed by atoms with Crippen LogP contribution in [0, 0.1) is 11.6 Å². The molecule has 136 valence electrons. The third-order valence-electron chi connectivity index (χ3n) is 3.33. The molecule has 0 saturated carbocycles. The normalized spacial score (nSPS) is 12.8. The maximum atomic E-state index is 13.3. The Kier molecular flexibility index (Phi) is 5.19. The summed E-state index contributed by atoms with van der Waals surface area (Å²) in [5, 5.41) is 16.7. The molecule has 0 bridgehead atoms. The van der Waals surface area contributed by atoms with E-state index in [1.54, 1.807) is 0 Å². The van der Waals surface area contributed by atoms with Crippen molar-refractivity contribution in [1.82, 2.24) is 9.59 Å². The lowest BCUT2D eigenvalue weighted by atomic mass is 10.3. The van der Waals surface area contributed by atoms with E-state index in [1.165, 1.54) is 30.3 Å². The summed E-state index contributed by atoms with van der Waals surface area (Å²) in [6.45, 7) is 0. The Labute approximate surface area is 156 Å². The molecule has 0 saturated heterocycles. The molecule has 1 atom stereocenters. The zero-order valence-corrected chi connectivity index (χ0v) is 15.1. The molecule has 0 spiro atoms. The Morgan fingerprint density at radius 3 is 2.46 bits per heavy atom. The SMILES string of the molecule is O=S(=O)(c1ccc(Cl)cc1)c1snnc1C(O)Nc1ccc(F)c(F)c1. The van der Waals surface area contributed by atoms with Gasteiger partial charge in [0.05, 0.1) is 4.90 Å².